The minimum atomic E-state index is -0.500. The van der Waals surface area contributed by atoms with Gasteiger partial charge in [0.25, 0.3) is 0 Å². The van der Waals surface area contributed by atoms with E-state index in [2.05, 4.69) is 290 Å². The van der Waals surface area contributed by atoms with E-state index in [0.29, 0.717) is 0 Å². The lowest BCUT2D eigenvalue weighted by molar-refractivity contribution is 0.769. The number of anilines is 3. The Bertz CT molecular complexity index is 4100. The Morgan fingerprint density at radius 2 is 0.722 bits per heavy atom. The first-order valence-corrected chi connectivity index (χ1v) is 25.0. The average Bonchev–Trinajstić information content (AvgIpc) is 3.77. The molecule has 0 unspecified atom stereocenters. The van der Waals surface area contributed by atoms with Gasteiger partial charge in [-0.15, -0.1) is 0 Å². The molecule has 0 spiro atoms. The van der Waals surface area contributed by atoms with Crippen LogP contribution < -0.4 is 4.90 Å². The van der Waals surface area contributed by atoms with Crippen molar-refractivity contribution in [1.29, 1.82) is 0 Å². The summed E-state index contributed by atoms with van der Waals surface area (Å²) in [7, 11) is 0. The first-order valence-electron chi connectivity index (χ1n) is 25.0. The SMILES string of the molecule is c1ccc(N(c2ccccc2)c2ccc(-c3ccccc3-c3ccc4c(c3)cc(-c3ccc5c(c3)-c3c(ccc6ccccc36)C5(c3ccccc3)c3ccccc3)c3c5ccccc5ccc43)cc2)cc1. The van der Waals surface area contributed by atoms with Gasteiger partial charge in [0.1, 0.15) is 0 Å². The Balaban J connectivity index is 0.956. The fraction of sp³-hybridized carbons (Fsp3) is 0.0141. The lowest BCUT2D eigenvalue weighted by Gasteiger charge is -2.34. The van der Waals surface area contributed by atoms with Crippen molar-refractivity contribution in [1.82, 2.24) is 0 Å². The van der Waals surface area contributed by atoms with Crippen LogP contribution in [0.25, 0.3) is 87.6 Å². The predicted molar refractivity (Wildman–Crippen MR) is 305 cm³/mol. The largest absolute Gasteiger partial charge is 0.311 e. The molecular weight excluding hydrogens is 867 g/mol. The van der Waals surface area contributed by atoms with E-state index in [1.54, 1.807) is 0 Å². The second-order valence-corrected chi connectivity index (χ2v) is 19.1. The monoisotopic (exact) mass is 913 g/mol. The zero-order valence-corrected chi connectivity index (χ0v) is 39.6. The molecule has 0 heterocycles. The predicted octanol–water partition coefficient (Wildman–Crippen LogP) is 19.1. The maximum atomic E-state index is 2.51. The Labute approximate surface area is 420 Å². The summed E-state index contributed by atoms with van der Waals surface area (Å²) in [6.07, 6.45) is 0. The zero-order valence-electron chi connectivity index (χ0n) is 39.6. The van der Waals surface area contributed by atoms with Crippen LogP contribution in [0, 0.1) is 0 Å². The molecule has 0 saturated carbocycles. The molecule has 0 atom stereocenters. The Hall–Kier alpha value is -9.30. The van der Waals surface area contributed by atoms with Gasteiger partial charge in [-0.3, -0.25) is 0 Å². The summed E-state index contributed by atoms with van der Waals surface area (Å²) in [6.45, 7) is 0. The maximum Gasteiger partial charge on any atom is 0.0713 e. The molecule has 0 aliphatic heterocycles. The zero-order chi connectivity index (χ0) is 47.6. The van der Waals surface area contributed by atoms with E-state index >= 15 is 0 Å². The summed E-state index contributed by atoms with van der Waals surface area (Å²) in [5.41, 5.74) is 17.8. The van der Waals surface area contributed by atoms with Gasteiger partial charge in [0.2, 0.25) is 0 Å². The molecule has 1 heteroatoms. The molecule has 0 radical (unpaired) electrons. The highest BCUT2D eigenvalue weighted by Crippen LogP contribution is 2.59. The van der Waals surface area contributed by atoms with Gasteiger partial charge in [-0.25, -0.2) is 0 Å². The van der Waals surface area contributed by atoms with E-state index in [4.69, 9.17) is 0 Å². The highest BCUT2D eigenvalue weighted by molar-refractivity contribution is 6.23. The second kappa shape index (κ2) is 17.0. The molecule has 0 N–H and O–H groups in total. The molecule has 0 amide bonds. The highest BCUT2D eigenvalue weighted by Gasteiger charge is 2.46. The quantitative estimate of drug-likeness (QED) is 0.137. The highest BCUT2D eigenvalue weighted by atomic mass is 15.1. The minimum absolute atomic E-state index is 0.500. The standard InChI is InChI=1S/C71H47N/c1-5-21-54(22-6-1)71(55-23-7-2-8-24-55)67-43-38-52(46-66(67)70-63-32-16-14-20-49(63)37-44-68(70)71)65-47-53-45-51(36-41-61(53)64-42-35-48-19-13-15-31-62(48)69(64)65)60-30-18-17-29-59(60)50-33-39-58(40-34-50)72(56-25-9-3-10-26-56)57-27-11-4-12-28-57/h1-47H. The molecule has 0 aromatic heterocycles. The Kier molecular flexibility index (Phi) is 9.82. The van der Waals surface area contributed by atoms with Crippen LogP contribution in [0.5, 0.6) is 0 Å². The number of rotatable bonds is 8. The minimum Gasteiger partial charge on any atom is -0.311 e. The molecular formula is C71H47N. The normalized spacial score (nSPS) is 12.6. The first-order chi connectivity index (χ1) is 35.7. The Morgan fingerprint density at radius 3 is 1.39 bits per heavy atom. The molecule has 1 aliphatic rings. The van der Waals surface area contributed by atoms with Crippen LogP contribution in [0.1, 0.15) is 22.3 Å². The number of nitrogens with zero attached hydrogens (tertiary/aromatic N) is 1. The van der Waals surface area contributed by atoms with Crippen LogP contribution in [0.2, 0.25) is 0 Å². The molecule has 336 valence electrons. The van der Waals surface area contributed by atoms with E-state index < -0.39 is 5.41 Å². The molecule has 0 bridgehead atoms. The Morgan fingerprint density at radius 1 is 0.250 bits per heavy atom. The van der Waals surface area contributed by atoms with Crippen LogP contribution >= 0.6 is 0 Å². The average molecular weight is 914 g/mol. The summed E-state index contributed by atoms with van der Waals surface area (Å²) in [5.74, 6) is 0. The summed E-state index contributed by atoms with van der Waals surface area (Å²) in [5, 5.41) is 10.0. The van der Waals surface area contributed by atoms with E-state index in [1.807, 2.05) is 0 Å². The van der Waals surface area contributed by atoms with Crippen LogP contribution in [-0.2, 0) is 5.41 Å². The molecule has 14 rings (SSSR count). The van der Waals surface area contributed by atoms with Crippen LogP contribution in [-0.4, -0.2) is 0 Å². The van der Waals surface area contributed by atoms with Gasteiger partial charge in [-0.1, -0.05) is 231 Å². The molecule has 1 nitrogen and oxygen atoms in total. The van der Waals surface area contributed by atoms with E-state index in [-0.39, 0.29) is 0 Å². The third kappa shape index (κ3) is 6.55. The van der Waals surface area contributed by atoms with Gasteiger partial charge in [-0.05, 0) is 164 Å². The molecule has 13 aromatic carbocycles. The van der Waals surface area contributed by atoms with Crippen molar-refractivity contribution in [2.75, 3.05) is 4.90 Å². The van der Waals surface area contributed by atoms with Crippen LogP contribution in [0.4, 0.5) is 17.1 Å². The van der Waals surface area contributed by atoms with Crippen molar-refractivity contribution in [3.05, 3.63) is 307 Å². The van der Waals surface area contributed by atoms with Gasteiger partial charge in [0.15, 0.2) is 0 Å². The number of benzene rings is 13. The topological polar surface area (TPSA) is 3.24 Å². The van der Waals surface area contributed by atoms with Gasteiger partial charge in [-0.2, -0.15) is 0 Å². The fourth-order valence-corrected chi connectivity index (χ4v) is 12.1. The third-order valence-electron chi connectivity index (χ3n) is 15.3. The molecule has 0 fully saturated rings. The fourth-order valence-electron chi connectivity index (χ4n) is 12.1. The molecule has 13 aromatic rings. The number of hydrogen-bond donors (Lipinski definition) is 0. The van der Waals surface area contributed by atoms with Crippen molar-refractivity contribution in [3.8, 4) is 44.5 Å². The summed E-state index contributed by atoms with van der Waals surface area (Å²) < 4.78 is 0. The molecule has 1 aliphatic carbocycles. The van der Waals surface area contributed by atoms with Crippen molar-refractivity contribution in [2.45, 2.75) is 5.41 Å². The van der Waals surface area contributed by atoms with Crippen LogP contribution in [0.3, 0.4) is 0 Å². The van der Waals surface area contributed by atoms with Crippen molar-refractivity contribution in [3.63, 3.8) is 0 Å². The molecule has 0 saturated heterocycles. The van der Waals surface area contributed by atoms with E-state index in [0.717, 1.165) is 17.1 Å². The first kappa shape index (κ1) is 41.7. The second-order valence-electron chi connectivity index (χ2n) is 19.1. The van der Waals surface area contributed by atoms with Gasteiger partial charge in [0, 0.05) is 17.1 Å². The van der Waals surface area contributed by atoms with Gasteiger partial charge in [0.05, 0.1) is 5.41 Å². The summed E-state index contributed by atoms with van der Waals surface area (Å²) in [4.78, 5) is 2.31. The smallest absolute Gasteiger partial charge is 0.0713 e. The number of hydrogen-bond acceptors (Lipinski definition) is 1. The van der Waals surface area contributed by atoms with Crippen molar-refractivity contribution in [2.24, 2.45) is 0 Å². The van der Waals surface area contributed by atoms with Crippen molar-refractivity contribution < 1.29 is 0 Å². The van der Waals surface area contributed by atoms with Crippen molar-refractivity contribution >= 4 is 60.2 Å². The van der Waals surface area contributed by atoms with Crippen LogP contribution in [0.15, 0.2) is 285 Å². The third-order valence-corrected chi connectivity index (χ3v) is 15.3. The number of fused-ring (bicyclic) bond motifs is 10. The maximum absolute atomic E-state index is 2.51. The van der Waals surface area contributed by atoms with Gasteiger partial charge < -0.3 is 4.90 Å². The number of para-hydroxylation sites is 2. The molecule has 72 heavy (non-hydrogen) atoms. The summed E-state index contributed by atoms with van der Waals surface area (Å²) >= 11 is 0. The summed E-state index contributed by atoms with van der Waals surface area (Å²) in [6, 6.07) is 105. The lowest BCUT2D eigenvalue weighted by Crippen LogP contribution is -2.28. The lowest BCUT2D eigenvalue weighted by atomic mass is 9.67. The van der Waals surface area contributed by atoms with Gasteiger partial charge >= 0.3 is 0 Å². The van der Waals surface area contributed by atoms with E-state index in [9.17, 15) is 0 Å². The van der Waals surface area contributed by atoms with E-state index in [1.165, 1.54) is 110 Å².